The van der Waals surface area contributed by atoms with Gasteiger partial charge in [0, 0.05) is 12.0 Å². The van der Waals surface area contributed by atoms with E-state index in [1.807, 2.05) is 0 Å². The first-order chi connectivity index (χ1) is 7.57. The van der Waals surface area contributed by atoms with Gasteiger partial charge in [-0.2, -0.15) is 0 Å². The standard InChI is InChI=1S/C11H8F2O3/c12-8-5-4-7(3-1-2-6-14)10(13)9(8)11(15)16/h1,3-6H,2H2,(H,15,16). The summed E-state index contributed by atoms with van der Waals surface area (Å²) in [5, 5.41) is 8.58. The third-order valence-electron chi connectivity index (χ3n) is 1.86. The maximum absolute atomic E-state index is 13.5. The fourth-order valence-electron chi connectivity index (χ4n) is 1.14. The van der Waals surface area contributed by atoms with Crippen LogP contribution in [0.3, 0.4) is 0 Å². The Bertz CT molecular complexity index is 453. The van der Waals surface area contributed by atoms with Gasteiger partial charge in [0.15, 0.2) is 0 Å². The van der Waals surface area contributed by atoms with E-state index in [4.69, 9.17) is 5.11 Å². The topological polar surface area (TPSA) is 54.4 Å². The van der Waals surface area contributed by atoms with Gasteiger partial charge >= 0.3 is 5.97 Å². The molecule has 0 fully saturated rings. The summed E-state index contributed by atoms with van der Waals surface area (Å²) >= 11 is 0. The molecule has 1 rings (SSSR count). The molecule has 0 aliphatic carbocycles. The van der Waals surface area contributed by atoms with Crippen LogP contribution in [0.15, 0.2) is 18.2 Å². The largest absolute Gasteiger partial charge is 0.477 e. The highest BCUT2D eigenvalue weighted by molar-refractivity contribution is 5.89. The molecule has 0 heterocycles. The predicted molar refractivity (Wildman–Crippen MR) is 53.0 cm³/mol. The SMILES string of the molecule is O=CCC=Cc1ccc(F)c(C(=O)O)c1F. The van der Waals surface area contributed by atoms with Crippen LogP contribution in [0.1, 0.15) is 22.3 Å². The van der Waals surface area contributed by atoms with Crippen LogP contribution in [0, 0.1) is 11.6 Å². The lowest BCUT2D eigenvalue weighted by Crippen LogP contribution is -2.05. The van der Waals surface area contributed by atoms with Crippen LogP contribution in [-0.2, 0) is 4.79 Å². The van der Waals surface area contributed by atoms with Gasteiger partial charge in [-0.05, 0) is 12.1 Å². The summed E-state index contributed by atoms with van der Waals surface area (Å²) in [5.74, 6) is -3.94. The number of carboxylic acid groups (broad SMARTS) is 1. The number of hydrogen-bond donors (Lipinski definition) is 1. The number of allylic oxidation sites excluding steroid dienone is 1. The average molecular weight is 226 g/mol. The van der Waals surface area contributed by atoms with E-state index in [0.29, 0.717) is 6.29 Å². The van der Waals surface area contributed by atoms with Crippen molar-refractivity contribution in [3.63, 3.8) is 0 Å². The number of halogens is 2. The van der Waals surface area contributed by atoms with E-state index in [0.717, 1.165) is 12.1 Å². The van der Waals surface area contributed by atoms with Crippen molar-refractivity contribution in [2.45, 2.75) is 6.42 Å². The normalized spacial score (nSPS) is 10.6. The maximum atomic E-state index is 13.5. The summed E-state index contributed by atoms with van der Waals surface area (Å²) in [7, 11) is 0. The molecule has 1 aromatic carbocycles. The fourth-order valence-corrected chi connectivity index (χ4v) is 1.14. The molecule has 0 aliphatic heterocycles. The molecular weight excluding hydrogens is 218 g/mol. The molecule has 0 atom stereocenters. The second-order valence-corrected chi connectivity index (χ2v) is 2.94. The molecule has 1 N–H and O–H groups in total. The lowest BCUT2D eigenvalue weighted by atomic mass is 10.1. The van der Waals surface area contributed by atoms with E-state index in [2.05, 4.69) is 0 Å². The lowest BCUT2D eigenvalue weighted by molar-refractivity contribution is -0.107. The van der Waals surface area contributed by atoms with Gasteiger partial charge in [0.1, 0.15) is 23.5 Å². The summed E-state index contributed by atoms with van der Waals surface area (Å²) < 4.78 is 26.4. The number of aromatic carboxylic acids is 1. The molecule has 0 bridgehead atoms. The second kappa shape index (κ2) is 5.16. The van der Waals surface area contributed by atoms with Crippen LogP contribution < -0.4 is 0 Å². The van der Waals surface area contributed by atoms with Crippen LogP contribution in [0.4, 0.5) is 8.78 Å². The fraction of sp³-hybridized carbons (Fsp3) is 0.0909. The van der Waals surface area contributed by atoms with E-state index in [-0.39, 0.29) is 12.0 Å². The van der Waals surface area contributed by atoms with Crippen molar-refractivity contribution < 1.29 is 23.5 Å². The minimum absolute atomic E-state index is 0.0688. The molecule has 0 saturated carbocycles. The number of hydrogen-bond acceptors (Lipinski definition) is 2. The number of rotatable bonds is 4. The van der Waals surface area contributed by atoms with E-state index >= 15 is 0 Å². The van der Waals surface area contributed by atoms with Gasteiger partial charge in [-0.1, -0.05) is 12.2 Å². The van der Waals surface area contributed by atoms with Crippen LogP contribution in [0.25, 0.3) is 6.08 Å². The highest BCUT2D eigenvalue weighted by Crippen LogP contribution is 2.18. The Kier molecular flexibility index (Phi) is 3.88. The maximum Gasteiger partial charge on any atom is 0.341 e. The first-order valence-corrected chi connectivity index (χ1v) is 4.39. The number of aldehydes is 1. The smallest absolute Gasteiger partial charge is 0.341 e. The Morgan fingerprint density at radius 2 is 2.06 bits per heavy atom. The lowest BCUT2D eigenvalue weighted by Gasteiger charge is -2.02. The van der Waals surface area contributed by atoms with Gasteiger partial charge in [0.05, 0.1) is 0 Å². The van der Waals surface area contributed by atoms with Crippen LogP contribution >= 0.6 is 0 Å². The molecule has 1 aromatic rings. The highest BCUT2D eigenvalue weighted by Gasteiger charge is 2.18. The zero-order valence-electron chi connectivity index (χ0n) is 8.11. The number of carbonyl (C=O) groups is 2. The van der Waals surface area contributed by atoms with Crippen molar-refractivity contribution in [2.24, 2.45) is 0 Å². The van der Waals surface area contributed by atoms with Gasteiger partial charge in [0.2, 0.25) is 0 Å². The van der Waals surface area contributed by atoms with E-state index in [1.165, 1.54) is 12.2 Å². The molecule has 5 heteroatoms. The van der Waals surface area contributed by atoms with Gasteiger partial charge in [-0.15, -0.1) is 0 Å². The summed E-state index contributed by atoms with van der Waals surface area (Å²) in [6.07, 6.45) is 3.28. The monoisotopic (exact) mass is 226 g/mol. The molecular formula is C11H8F2O3. The van der Waals surface area contributed by atoms with Crippen molar-refractivity contribution in [3.05, 3.63) is 41.0 Å². The molecule has 0 saturated heterocycles. The number of benzene rings is 1. The molecule has 0 radical (unpaired) electrons. The predicted octanol–water partition coefficient (Wildman–Crippen LogP) is 2.27. The average Bonchev–Trinajstić information content (AvgIpc) is 2.21. The zero-order chi connectivity index (χ0) is 12.1. The molecule has 0 spiro atoms. The summed E-state index contributed by atoms with van der Waals surface area (Å²) in [5.41, 5.74) is -1.06. The van der Waals surface area contributed by atoms with E-state index in [9.17, 15) is 18.4 Å². The van der Waals surface area contributed by atoms with Crippen molar-refractivity contribution in [3.8, 4) is 0 Å². The van der Waals surface area contributed by atoms with Crippen molar-refractivity contribution in [2.75, 3.05) is 0 Å². The van der Waals surface area contributed by atoms with Crippen molar-refractivity contribution in [1.29, 1.82) is 0 Å². The minimum Gasteiger partial charge on any atom is -0.477 e. The highest BCUT2D eigenvalue weighted by atomic mass is 19.1. The van der Waals surface area contributed by atoms with Crippen molar-refractivity contribution in [1.82, 2.24) is 0 Å². The van der Waals surface area contributed by atoms with E-state index in [1.54, 1.807) is 0 Å². The quantitative estimate of drug-likeness (QED) is 0.801. The van der Waals surface area contributed by atoms with Crippen LogP contribution in [0.5, 0.6) is 0 Å². The molecule has 0 unspecified atom stereocenters. The van der Waals surface area contributed by atoms with Crippen molar-refractivity contribution >= 4 is 18.3 Å². The minimum atomic E-state index is -1.67. The molecule has 0 aromatic heterocycles. The third-order valence-corrected chi connectivity index (χ3v) is 1.86. The Balaban J connectivity index is 3.18. The molecule has 3 nitrogen and oxygen atoms in total. The Morgan fingerprint density at radius 3 is 2.62 bits per heavy atom. The third kappa shape index (κ3) is 2.50. The first-order valence-electron chi connectivity index (χ1n) is 4.39. The summed E-state index contributed by atoms with van der Waals surface area (Å²) in [6.45, 7) is 0. The first kappa shape index (κ1) is 12.0. The Morgan fingerprint density at radius 1 is 1.38 bits per heavy atom. The van der Waals surface area contributed by atoms with Gasteiger partial charge in [-0.25, -0.2) is 13.6 Å². The van der Waals surface area contributed by atoms with Crippen LogP contribution in [-0.4, -0.2) is 17.4 Å². The Labute approximate surface area is 90.0 Å². The van der Waals surface area contributed by atoms with Crippen LogP contribution in [0.2, 0.25) is 0 Å². The molecule has 16 heavy (non-hydrogen) atoms. The van der Waals surface area contributed by atoms with E-state index < -0.39 is 23.2 Å². The van der Waals surface area contributed by atoms with Gasteiger partial charge < -0.3 is 9.90 Å². The number of carboxylic acids is 1. The molecule has 84 valence electrons. The van der Waals surface area contributed by atoms with Gasteiger partial charge in [-0.3, -0.25) is 0 Å². The number of carbonyl (C=O) groups excluding carboxylic acids is 1. The Hall–Kier alpha value is -2.04. The summed E-state index contributed by atoms with van der Waals surface area (Å²) in [6, 6.07) is 1.98. The molecule has 0 amide bonds. The molecule has 0 aliphatic rings. The zero-order valence-corrected chi connectivity index (χ0v) is 8.11. The summed E-state index contributed by atoms with van der Waals surface area (Å²) in [4.78, 5) is 20.6. The second-order valence-electron chi connectivity index (χ2n) is 2.94. The van der Waals surface area contributed by atoms with Gasteiger partial charge in [0.25, 0.3) is 0 Å².